The maximum Gasteiger partial charge on any atom is 0.222 e. The van der Waals surface area contributed by atoms with Crippen molar-refractivity contribution in [1.82, 2.24) is 4.90 Å². The zero-order valence-corrected chi connectivity index (χ0v) is 13.1. The Bertz CT molecular complexity index is 583. The highest BCUT2D eigenvalue weighted by Gasteiger charge is 2.23. The molecule has 0 radical (unpaired) electrons. The van der Waals surface area contributed by atoms with E-state index in [1.807, 2.05) is 67.6 Å². The third-order valence-corrected chi connectivity index (χ3v) is 4.07. The van der Waals surface area contributed by atoms with E-state index in [-0.39, 0.29) is 11.9 Å². The lowest BCUT2D eigenvalue weighted by Crippen LogP contribution is -2.39. The molecule has 0 saturated carbocycles. The van der Waals surface area contributed by atoms with Gasteiger partial charge in [0.1, 0.15) is 0 Å². The lowest BCUT2D eigenvalue weighted by Gasteiger charge is -2.29. The van der Waals surface area contributed by atoms with Crippen molar-refractivity contribution in [1.29, 1.82) is 0 Å². The van der Waals surface area contributed by atoms with Gasteiger partial charge < -0.3 is 10.0 Å². The normalized spacial score (nSPS) is 13.4. The smallest absolute Gasteiger partial charge is 0.222 e. The molecule has 2 aromatic rings. The van der Waals surface area contributed by atoms with Crippen molar-refractivity contribution < 1.29 is 9.90 Å². The number of aliphatic hydroxyl groups excluding tert-OH is 1. The molecule has 2 rings (SSSR count). The summed E-state index contributed by atoms with van der Waals surface area (Å²) in [6, 6.07) is 19.2. The standard InChI is InChI=1S/C19H23NO2/c1-15(19(22)17-11-7-4-8-12-17)20(2)18(21)14-13-16-9-5-3-6-10-16/h3-12,15,19,22H,13-14H2,1-2H3/t15-,19?/m0/s1. The highest BCUT2D eigenvalue weighted by molar-refractivity contribution is 5.76. The Labute approximate surface area is 132 Å². The van der Waals surface area contributed by atoms with Gasteiger partial charge in [0.15, 0.2) is 0 Å². The molecular weight excluding hydrogens is 274 g/mol. The van der Waals surface area contributed by atoms with Crippen LogP contribution in [0.15, 0.2) is 60.7 Å². The summed E-state index contributed by atoms with van der Waals surface area (Å²) in [4.78, 5) is 13.9. The fourth-order valence-electron chi connectivity index (χ4n) is 2.44. The summed E-state index contributed by atoms with van der Waals surface area (Å²) in [5.74, 6) is 0.0475. The van der Waals surface area contributed by atoms with Crippen molar-refractivity contribution in [3.05, 3.63) is 71.8 Å². The van der Waals surface area contributed by atoms with Crippen molar-refractivity contribution in [2.45, 2.75) is 31.9 Å². The van der Waals surface area contributed by atoms with E-state index in [1.165, 1.54) is 0 Å². The van der Waals surface area contributed by atoms with Crippen LogP contribution in [0.5, 0.6) is 0 Å². The fraction of sp³-hybridized carbons (Fsp3) is 0.316. The first-order chi connectivity index (χ1) is 10.6. The van der Waals surface area contributed by atoms with Crippen LogP contribution >= 0.6 is 0 Å². The number of amides is 1. The average Bonchev–Trinajstić information content (AvgIpc) is 2.59. The van der Waals surface area contributed by atoms with Crippen LogP contribution in [0.4, 0.5) is 0 Å². The van der Waals surface area contributed by atoms with E-state index in [4.69, 9.17) is 0 Å². The van der Waals surface area contributed by atoms with E-state index < -0.39 is 6.10 Å². The van der Waals surface area contributed by atoms with Crippen LogP contribution in [0.3, 0.4) is 0 Å². The van der Waals surface area contributed by atoms with Crippen molar-refractivity contribution in [2.75, 3.05) is 7.05 Å². The number of carbonyl (C=O) groups is 1. The lowest BCUT2D eigenvalue weighted by atomic mass is 10.0. The minimum absolute atomic E-state index is 0.0475. The second-order valence-electron chi connectivity index (χ2n) is 5.59. The number of likely N-dealkylation sites (N-methyl/N-ethyl adjacent to an activating group) is 1. The van der Waals surface area contributed by atoms with Crippen LogP contribution in [0, 0.1) is 0 Å². The fourth-order valence-corrected chi connectivity index (χ4v) is 2.44. The molecule has 22 heavy (non-hydrogen) atoms. The molecule has 1 unspecified atom stereocenters. The molecule has 0 aliphatic carbocycles. The SMILES string of the molecule is C[C@@H](C(O)c1ccccc1)N(C)C(=O)CCc1ccccc1. The van der Waals surface area contributed by atoms with Gasteiger partial charge in [0.2, 0.25) is 5.91 Å². The van der Waals surface area contributed by atoms with Gasteiger partial charge in [0, 0.05) is 13.5 Å². The van der Waals surface area contributed by atoms with E-state index in [9.17, 15) is 9.90 Å². The predicted molar refractivity (Wildman–Crippen MR) is 88.4 cm³/mol. The highest BCUT2D eigenvalue weighted by Crippen LogP contribution is 2.20. The number of benzene rings is 2. The minimum Gasteiger partial charge on any atom is -0.386 e. The van der Waals surface area contributed by atoms with Gasteiger partial charge in [-0.3, -0.25) is 4.79 Å². The van der Waals surface area contributed by atoms with Crippen molar-refractivity contribution >= 4 is 5.91 Å². The van der Waals surface area contributed by atoms with Crippen molar-refractivity contribution in [3.8, 4) is 0 Å². The maximum absolute atomic E-state index is 12.3. The Kier molecular flexibility index (Phi) is 5.73. The first kappa shape index (κ1) is 16.2. The van der Waals surface area contributed by atoms with Gasteiger partial charge >= 0.3 is 0 Å². The molecule has 0 spiro atoms. The highest BCUT2D eigenvalue weighted by atomic mass is 16.3. The zero-order valence-electron chi connectivity index (χ0n) is 13.1. The third kappa shape index (κ3) is 4.18. The molecule has 0 aromatic heterocycles. The van der Waals surface area contributed by atoms with Crippen molar-refractivity contribution in [3.63, 3.8) is 0 Å². The lowest BCUT2D eigenvalue weighted by molar-refractivity contribution is -0.133. The molecular formula is C19H23NO2. The number of hydrogen-bond acceptors (Lipinski definition) is 2. The Balaban J connectivity index is 1.92. The van der Waals surface area contributed by atoms with Gasteiger partial charge in [0.05, 0.1) is 12.1 Å². The van der Waals surface area contributed by atoms with Crippen molar-refractivity contribution in [2.24, 2.45) is 0 Å². The van der Waals surface area contributed by atoms with E-state index in [1.54, 1.807) is 11.9 Å². The molecule has 0 aliphatic rings. The predicted octanol–water partition coefficient (Wildman–Crippen LogP) is 3.20. The number of nitrogens with zero attached hydrogens (tertiary/aromatic N) is 1. The van der Waals surface area contributed by atoms with Gasteiger partial charge in [-0.15, -0.1) is 0 Å². The van der Waals surface area contributed by atoms with Gasteiger partial charge in [-0.05, 0) is 24.5 Å². The Morgan fingerprint density at radius 2 is 1.59 bits per heavy atom. The molecule has 1 amide bonds. The molecule has 3 nitrogen and oxygen atoms in total. The summed E-state index contributed by atoms with van der Waals surface area (Å²) in [7, 11) is 1.75. The van der Waals surface area contributed by atoms with E-state index in [0.29, 0.717) is 6.42 Å². The quantitative estimate of drug-likeness (QED) is 0.889. The molecule has 1 N–H and O–H groups in total. The Morgan fingerprint density at radius 1 is 1.05 bits per heavy atom. The molecule has 0 fully saturated rings. The largest absolute Gasteiger partial charge is 0.386 e. The summed E-state index contributed by atoms with van der Waals surface area (Å²) in [6.07, 6.45) is 0.497. The molecule has 3 heteroatoms. The number of carbonyl (C=O) groups excluding carboxylic acids is 1. The third-order valence-electron chi connectivity index (χ3n) is 4.07. The monoisotopic (exact) mass is 297 g/mol. The van der Waals surface area contributed by atoms with Gasteiger partial charge in [-0.1, -0.05) is 60.7 Å². The van der Waals surface area contributed by atoms with Crippen LogP contribution in [-0.4, -0.2) is 29.0 Å². The second-order valence-corrected chi connectivity index (χ2v) is 5.59. The Morgan fingerprint density at radius 3 is 2.18 bits per heavy atom. The summed E-state index contributed by atoms with van der Waals surface area (Å²) in [5.41, 5.74) is 1.98. The molecule has 2 aromatic carbocycles. The molecule has 0 aliphatic heterocycles. The number of aryl methyl sites for hydroxylation is 1. The summed E-state index contributed by atoms with van der Waals surface area (Å²) in [6.45, 7) is 1.87. The summed E-state index contributed by atoms with van der Waals surface area (Å²) < 4.78 is 0. The maximum atomic E-state index is 12.3. The molecule has 116 valence electrons. The second kappa shape index (κ2) is 7.76. The topological polar surface area (TPSA) is 40.5 Å². The van der Waals surface area contributed by atoms with Crippen LogP contribution in [0.2, 0.25) is 0 Å². The van der Waals surface area contributed by atoms with Crippen LogP contribution in [-0.2, 0) is 11.2 Å². The first-order valence-corrected chi connectivity index (χ1v) is 7.62. The molecule has 0 heterocycles. The van der Waals surface area contributed by atoms with E-state index >= 15 is 0 Å². The van der Waals surface area contributed by atoms with Gasteiger partial charge in [-0.25, -0.2) is 0 Å². The Hall–Kier alpha value is -2.13. The van der Waals surface area contributed by atoms with E-state index in [0.717, 1.165) is 17.5 Å². The molecule has 0 bridgehead atoms. The number of rotatable bonds is 6. The van der Waals surface area contributed by atoms with Crippen LogP contribution < -0.4 is 0 Å². The van der Waals surface area contributed by atoms with Crippen LogP contribution in [0.1, 0.15) is 30.6 Å². The molecule has 0 saturated heterocycles. The number of aliphatic hydroxyl groups is 1. The first-order valence-electron chi connectivity index (χ1n) is 7.62. The van der Waals surface area contributed by atoms with E-state index in [2.05, 4.69) is 0 Å². The van der Waals surface area contributed by atoms with Gasteiger partial charge in [0.25, 0.3) is 0 Å². The molecule has 2 atom stereocenters. The van der Waals surface area contributed by atoms with Gasteiger partial charge in [-0.2, -0.15) is 0 Å². The summed E-state index contributed by atoms with van der Waals surface area (Å²) in [5, 5.41) is 10.4. The minimum atomic E-state index is -0.674. The van der Waals surface area contributed by atoms with Crippen LogP contribution in [0.25, 0.3) is 0 Å². The average molecular weight is 297 g/mol. The summed E-state index contributed by atoms with van der Waals surface area (Å²) >= 11 is 0. The zero-order chi connectivity index (χ0) is 15.9. The number of hydrogen-bond donors (Lipinski definition) is 1.